The predicted octanol–water partition coefficient (Wildman–Crippen LogP) is 18.8. The average molecular weight is 1040 g/mol. The molecule has 8 aromatic carbocycles. The second-order valence-electron chi connectivity index (χ2n) is 28.0. The molecule has 0 amide bonds. The van der Waals surface area contributed by atoms with E-state index in [4.69, 9.17) is 0 Å². The molecule has 4 heterocycles. The zero-order chi connectivity index (χ0) is 54.2. The van der Waals surface area contributed by atoms with E-state index in [0.717, 1.165) is 12.1 Å². The first-order valence-corrected chi connectivity index (χ1v) is 30.0. The lowest BCUT2D eigenvalue weighted by atomic mass is 9.33. The lowest BCUT2D eigenvalue weighted by Crippen LogP contribution is -2.64. The summed E-state index contributed by atoms with van der Waals surface area (Å²) in [7, 11) is 0. The molecule has 5 heteroatoms. The molecule has 1 aromatic heterocycles. The Hall–Kier alpha value is -6.56. The van der Waals surface area contributed by atoms with Crippen LogP contribution in [0.4, 0.5) is 45.5 Å². The van der Waals surface area contributed by atoms with E-state index >= 15 is 0 Å². The maximum atomic E-state index is 2.90. The lowest BCUT2D eigenvalue weighted by Gasteiger charge is -2.53. The second kappa shape index (κ2) is 16.7. The molecular formula is C73H76BN3S. The van der Waals surface area contributed by atoms with E-state index in [1.807, 2.05) is 11.3 Å². The van der Waals surface area contributed by atoms with E-state index < -0.39 is 0 Å². The molecule has 0 radical (unpaired) electrons. The molecule has 392 valence electrons. The van der Waals surface area contributed by atoms with Crippen molar-refractivity contribution in [3.8, 4) is 11.1 Å². The molecule has 9 aromatic rings. The van der Waals surface area contributed by atoms with E-state index in [1.165, 1.54) is 147 Å². The smallest absolute Gasteiger partial charge is 0.252 e. The largest absolute Gasteiger partial charge is 0.335 e. The van der Waals surface area contributed by atoms with Crippen LogP contribution in [0.2, 0.25) is 0 Å². The van der Waals surface area contributed by atoms with Gasteiger partial charge in [0.15, 0.2) is 0 Å². The Balaban J connectivity index is 1.09. The van der Waals surface area contributed by atoms with Gasteiger partial charge in [-0.1, -0.05) is 168 Å². The molecule has 0 saturated heterocycles. The van der Waals surface area contributed by atoms with Crippen molar-refractivity contribution in [1.82, 2.24) is 0 Å². The van der Waals surface area contributed by atoms with Crippen molar-refractivity contribution in [1.29, 1.82) is 0 Å². The fraction of sp³-hybridized carbons (Fsp3) is 0.342. The molecule has 3 nitrogen and oxygen atoms in total. The molecule has 14 rings (SSSR count). The topological polar surface area (TPSA) is 9.72 Å². The number of thiophene rings is 1. The van der Waals surface area contributed by atoms with E-state index in [0.29, 0.717) is 0 Å². The van der Waals surface area contributed by atoms with Gasteiger partial charge in [0.2, 0.25) is 0 Å². The zero-order valence-corrected chi connectivity index (χ0v) is 49.3. The number of hydrogen-bond donors (Lipinski definition) is 0. The molecular weight excluding hydrogens is 962 g/mol. The summed E-state index contributed by atoms with van der Waals surface area (Å²) < 4.78 is 2.65. The highest BCUT2D eigenvalue weighted by atomic mass is 32.1. The predicted molar refractivity (Wildman–Crippen MR) is 339 cm³/mol. The van der Waals surface area contributed by atoms with Crippen LogP contribution in [0, 0.1) is 6.92 Å². The summed E-state index contributed by atoms with van der Waals surface area (Å²) in [5.74, 6) is 0. The molecule has 0 N–H and O–H groups in total. The minimum atomic E-state index is -0.0715. The standard InChI is InChI=1S/C73H76BN3S/c1-45-37-62-66-63(38-45)77-67-57(72(12)33-19-20-34-73(72,77)13)40-48(69(5,6)7)41-59(67)74(66)58-30-27-51(44-61(58)76(62)60-31-25-47(68(2,3)4)39-53(60)46-21-15-14-16-22-46)75(49-28-32-65-54(42-49)52-23-17-18-24-64(52)78-65)50-26-29-55-56(43-50)71(10,11)36-35-70(55,8)9/h14-18,21-32,37-44H,19-20,33-36H2,1-13H3. The van der Waals surface area contributed by atoms with E-state index in [-0.39, 0.29) is 39.3 Å². The SMILES string of the molecule is Cc1cc2c3c(c1)N1c4c(cc(C(C)(C)C)cc4C4(C)CCCCC14C)B3c1ccc(N(c3ccc4c(c3)C(C)(C)CCC4(C)C)c3ccc4sc5ccccc5c4c3)cc1N2c1ccc(C(C)(C)C)cc1-c1ccccc1. The summed E-state index contributed by atoms with van der Waals surface area (Å²) in [5.41, 5.74) is 25.5. The number of nitrogens with zero attached hydrogens (tertiary/aromatic N) is 3. The van der Waals surface area contributed by atoms with Crippen molar-refractivity contribution in [2.75, 3.05) is 14.7 Å². The van der Waals surface area contributed by atoms with Crippen molar-refractivity contribution < 1.29 is 0 Å². The van der Waals surface area contributed by atoms with Gasteiger partial charge in [0.05, 0.1) is 11.2 Å². The number of benzene rings is 8. The molecule has 3 aliphatic heterocycles. The average Bonchev–Trinajstić information content (AvgIpc) is 2.80. The first-order valence-electron chi connectivity index (χ1n) is 29.2. The Morgan fingerprint density at radius 2 is 1.15 bits per heavy atom. The highest BCUT2D eigenvalue weighted by Gasteiger charge is 2.61. The fourth-order valence-electron chi connectivity index (χ4n) is 15.4. The quantitative estimate of drug-likeness (QED) is 0.159. The van der Waals surface area contributed by atoms with Gasteiger partial charge in [-0.05, 0) is 189 Å². The van der Waals surface area contributed by atoms with Gasteiger partial charge in [-0.2, -0.15) is 0 Å². The van der Waals surface area contributed by atoms with Gasteiger partial charge in [0, 0.05) is 71.0 Å². The van der Waals surface area contributed by atoms with Gasteiger partial charge in [0.25, 0.3) is 6.71 Å². The van der Waals surface area contributed by atoms with Gasteiger partial charge in [-0.3, -0.25) is 0 Å². The number of aryl methyl sites for hydroxylation is 1. The van der Waals surface area contributed by atoms with Gasteiger partial charge >= 0.3 is 0 Å². The lowest BCUT2D eigenvalue weighted by molar-refractivity contribution is 0.195. The first-order chi connectivity index (χ1) is 37.1. The molecule has 0 bridgehead atoms. The van der Waals surface area contributed by atoms with E-state index in [9.17, 15) is 0 Å². The van der Waals surface area contributed by atoms with Gasteiger partial charge in [-0.15, -0.1) is 11.3 Å². The number of fused-ring (bicyclic) bond motifs is 11. The molecule has 5 aliphatic rings. The minimum absolute atomic E-state index is 0.00436. The van der Waals surface area contributed by atoms with E-state index in [1.54, 1.807) is 5.56 Å². The first kappa shape index (κ1) is 49.7. The normalized spacial score (nSPS) is 20.6. The van der Waals surface area contributed by atoms with E-state index in [2.05, 4.69) is 256 Å². The van der Waals surface area contributed by atoms with Crippen molar-refractivity contribution in [3.05, 3.63) is 185 Å². The summed E-state index contributed by atoms with van der Waals surface area (Å²) in [6, 6.07) is 60.2. The number of hydrogen-bond acceptors (Lipinski definition) is 4. The Labute approximate surface area is 469 Å². The van der Waals surface area contributed by atoms with Crippen LogP contribution < -0.4 is 31.1 Å². The van der Waals surface area contributed by atoms with Crippen LogP contribution >= 0.6 is 11.3 Å². The van der Waals surface area contributed by atoms with Crippen molar-refractivity contribution in [2.24, 2.45) is 0 Å². The highest BCUT2D eigenvalue weighted by molar-refractivity contribution is 7.25. The Bertz CT molecular complexity index is 3980. The van der Waals surface area contributed by atoms with Crippen LogP contribution in [0.1, 0.15) is 155 Å². The molecule has 2 atom stereocenters. The molecule has 1 saturated carbocycles. The summed E-state index contributed by atoms with van der Waals surface area (Å²) in [5, 5.41) is 2.63. The van der Waals surface area contributed by atoms with Crippen LogP contribution in [0.3, 0.4) is 0 Å². The highest BCUT2D eigenvalue weighted by Crippen LogP contribution is 2.63. The third kappa shape index (κ3) is 7.14. The number of rotatable bonds is 5. The maximum absolute atomic E-state index is 2.90. The zero-order valence-electron chi connectivity index (χ0n) is 48.5. The summed E-state index contributed by atoms with van der Waals surface area (Å²) >= 11 is 1.89. The second-order valence-corrected chi connectivity index (χ2v) is 29.1. The van der Waals surface area contributed by atoms with Crippen LogP contribution in [-0.2, 0) is 27.1 Å². The van der Waals surface area contributed by atoms with Crippen LogP contribution in [0.15, 0.2) is 152 Å². The van der Waals surface area contributed by atoms with Gasteiger partial charge < -0.3 is 14.7 Å². The third-order valence-electron chi connectivity index (χ3n) is 20.2. The molecule has 2 unspecified atom stereocenters. The summed E-state index contributed by atoms with van der Waals surface area (Å²) in [6.07, 6.45) is 7.23. The minimum Gasteiger partial charge on any atom is -0.335 e. The molecule has 78 heavy (non-hydrogen) atoms. The molecule has 2 aliphatic carbocycles. The van der Waals surface area contributed by atoms with Crippen LogP contribution in [0.5, 0.6) is 0 Å². The Morgan fingerprint density at radius 1 is 0.500 bits per heavy atom. The molecule has 1 fully saturated rings. The Kier molecular flexibility index (Phi) is 10.7. The Morgan fingerprint density at radius 3 is 1.92 bits per heavy atom. The van der Waals surface area contributed by atoms with Gasteiger partial charge in [0.1, 0.15) is 0 Å². The van der Waals surface area contributed by atoms with Crippen LogP contribution in [-0.4, -0.2) is 12.3 Å². The summed E-state index contributed by atoms with van der Waals surface area (Å²) in [4.78, 5) is 8.20. The third-order valence-corrected chi connectivity index (χ3v) is 21.3. The van der Waals surface area contributed by atoms with Crippen molar-refractivity contribution in [3.63, 3.8) is 0 Å². The monoisotopic (exact) mass is 1040 g/mol. The van der Waals surface area contributed by atoms with Crippen molar-refractivity contribution >= 4 is 100 Å². The number of anilines is 8. The van der Waals surface area contributed by atoms with Gasteiger partial charge in [-0.25, -0.2) is 0 Å². The summed E-state index contributed by atoms with van der Waals surface area (Å²) in [6.45, 7) is 31.7. The van der Waals surface area contributed by atoms with Crippen molar-refractivity contribution in [2.45, 2.75) is 161 Å². The van der Waals surface area contributed by atoms with Crippen LogP contribution in [0.25, 0.3) is 31.3 Å². The fourth-order valence-corrected chi connectivity index (χ4v) is 16.4. The molecule has 0 spiro atoms. The maximum Gasteiger partial charge on any atom is 0.252 e.